The first-order valence-electron chi connectivity index (χ1n) is 8.39. The zero-order valence-electron chi connectivity index (χ0n) is 13.7. The molecule has 3 aromatic rings. The van der Waals surface area contributed by atoms with Crippen LogP contribution in [0.3, 0.4) is 0 Å². The first-order chi connectivity index (χ1) is 12.7. The van der Waals surface area contributed by atoms with E-state index in [2.05, 4.69) is 24.3 Å². The number of carbonyl (C=O) groups excluding carboxylic acids is 2. The molecule has 26 heavy (non-hydrogen) atoms. The zero-order valence-corrected chi connectivity index (χ0v) is 14.5. The van der Waals surface area contributed by atoms with Crippen molar-refractivity contribution in [3.63, 3.8) is 0 Å². The number of fused-ring (bicyclic) bond motifs is 4. The molecule has 8 heteroatoms. The summed E-state index contributed by atoms with van der Waals surface area (Å²) in [5.74, 6) is -0.172. The van der Waals surface area contributed by atoms with Gasteiger partial charge in [-0.2, -0.15) is 8.75 Å². The molecule has 2 aliphatic heterocycles. The Bertz CT molecular complexity index is 1030. The van der Waals surface area contributed by atoms with Crippen LogP contribution < -0.4 is 15.5 Å². The van der Waals surface area contributed by atoms with E-state index in [1.807, 2.05) is 24.3 Å². The van der Waals surface area contributed by atoms with E-state index in [0.29, 0.717) is 18.5 Å². The third-order valence-corrected chi connectivity index (χ3v) is 5.48. The Morgan fingerprint density at radius 2 is 2.04 bits per heavy atom. The summed E-state index contributed by atoms with van der Waals surface area (Å²) in [6.45, 7) is 0.612. The van der Waals surface area contributed by atoms with Crippen molar-refractivity contribution in [3.8, 4) is 0 Å². The maximum Gasteiger partial charge on any atom is 0.251 e. The Morgan fingerprint density at radius 1 is 1.19 bits per heavy atom. The van der Waals surface area contributed by atoms with E-state index < -0.39 is 0 Å². The first kappa shape index (κ1) is 15.3. The van der Waals surface area contributed by atoms with Crippen LogP contribution in [0.2, 0.25) is 0 Å². The summed E-state index contributed by atoms with van der Waals surface area (Å²) in [4.78, 5) is 27.1. The van der Waals surface area contributed by atoms with Crippen LogP contribution >= 0.6 is 11.7 Å². The molecular weight excluding hydrogens is 350 g/mol. The molecule has 2 aliphatic rings. The fourth-order valence-electron chi connectivity index (χ4n) is 3.69. The lowest BCUT2D eigenvalue weighted by molar-refractivity contribution is -0.117. The van der Waals surface area contributed by atoms with Crippen LogP contribution in [0.25, 0.3) is 11.0 Å². The van der Waals surface area contributed by atoms with Gasteiger partial charge in [-0.1, -0.05) is 12.1 Å². The van der Waals surface area contributed by atoms with E-state index in [1.165, 1.54) is 0 Å². The second-order valence-electron chi connectivity index (χ2n) is 6.55. The monoisotopic (exact) mass is 365 g/mol. The topological polar surface area (TPSA) is 87.2 Å². The Morgan fingerprint density at radius 3 is 2.96 bits per heavy atom. The first-order valence-corrected chi connectivity index (χ1v) is 9.12. The van der Waals surface area contributed by atoms with Crippen LogP contribution in [0.1, 0.15) is 16.8 Å². The smallest absolute Gasteiger partial charge is 0.251 e. The maximum absolute atomic E-state index is 12.6. The standard InChI is InChI=1S/C18H15N5O2S/c24-17(10-5-6-12-14(7-10)22-26-21-12)19-11-8-16-18(25)20-13-3-1-2-4-15(13)23(16)9-11/h1-7,11,16H,8-9H2,(H,19,24)(H,20,25)/t11-,16+/m1/s1. The van der Waals surface area contributed by atoms with Crippen LogP contribution in [-0.4, -0.2) is 39.2 Å². The van der Waals surface area contributed by atoms with Crippen molar-refractivity contribution in [1.29, 1.82) is 0 Å². The third kappa shape index (κ3) is 2.41. The summed E-state index contributed by atoms with van der Waals surface area (Å²) < 4.78 is 8.33. The molecule has 0 aliphatic carbocycles. The summed E-state index contributed by atoms with van der Waals surface area (Å²) in [5.41, 5.74) is 3.89. The Kier molecular flexibility index (Phi) is 3.39. The Balaban J connectivity index is 1.36. The number of para-hydroxylation sites is 2. The van der Waals surface area contributed by atoms with E-state index in [4.69, 9.17) is 0 Å². The van der Waals surface area contributed by atoms with E-state index >= 15 is 0 Å². The lowest BCUT2D eigenvalue weighted by atomic mass is 10.1. The number of nitrogens with one attached hydrogen (secondary N) is 2. The molecule has 1 saturated heterocycles. The highest BCUT2D eigenvalue weighted by Gasteiger charge is 2.41. The molecule has 2 aromatic carbocycles. The van der Waals surface area contributed by atoms with Crippen LogP contribution in [0.5, 0.6) is 0 Å². The van der Waals surface area contributed by atoms with Crippen molar-refractivity contribution in [2.24, 2.45) is 0 Å². The van der Waals surface area contributed by atoms with Gasteiger partial charge in [0.1, 0.15) is 17.1 Å². The molecule has 2 amide bonds. The highest BCUT2D eigenvalue weighted by Crippen LogP contribution is 2.36. The van der Waals surface area contributed by atoms with Gasteiger partial charge in [0.2, 0.25) is 5.91 Å². The quantitative estimate of drug-likeness (QED) is 0.726. The second kappa shape index (κ2) is 5.77. The number of rotatable bonds is 2. The van der Waals surface area contributed by atoms with Gasteiger partial charge in [0.15, 0.2) is 0 Å². The number of anilines is 2. The Labute approximate surface area is 153 Å². The number of hydrogen-bond acceptors (Lipinski definition) is 6. The van der Waals surface area contributed by atoms with Gasteiger partial charge in [-0.3, -0.25) is 9.59 Å². The SMILES string of the molecule is O=C(N[C@@H]1C[C@H]2C(=O)Nc3ccccc3N2C1)c1ccc2nsnc2c1. The molecule has 5 rings (SSSR count). The predicted octanol–water partition coefficient (Wildman–Crippen LogP) is 2.02. The molecule has 1 aromatic heterocycles. The minimum absolute atomic E-state index is 0.0181. The summed E-state index contributed by atoms with van der Waals surface area (Å²) in [6, 6.07) is 12.7. The fourth-order valence-corrected chi connectivity index (χ4v) is 4.21. The molecule has 0 radical (unpaired) electrons. The molecular formula is C18H15N5O2S. The van der Waals surface area contributed by atoms with E-state index in [1.54, 1.807) is 18.2 Å². The van der Waals surface area contributed by atoms with Crippen molar-refractivity contribution in [3.05, 3.63) is 48.0 Å². The van der Waals surface area contributed by atoms with E-state index in [-0.39, 0.29) is 23.9 Å². The van der Waals surface area contributed by atoms with Crippen molar-refractivity contribution in [2.75, 3.05) is 16.8 Å². The molecule has 130 valence electrons. The minimum Gasteiger partial charge on any atom is -0.356 e. The minimum atomic E-state index is -0.250. The molecule has 2 atom stereocenters. The summed E-state index contributed by atoms with van der Waals surface area (Å²) >= 11 is 1.13. The molecule has 3 heterocycles. The zero-order chi connectivity index (χ0) is 17.7. The molecule has 1 fully saturated rings. The molecule has 2 N–H and O–H groups in total. The number of aromatic nitrogens is 2. The predicted molar refractivity (Wildman–Crippen MR) is 99.5 cm³/mol. The van der Waals surface area contributed by atoms with Gasteiger partial charge in [-0.25, -0.2) is 0 Å². The average molecular weight is 365 g/mol. The number of hydrogen-bond donors (Lipinski definition) is 2. The lowest BCUT2D eigenvalue weighted by Gasteiger charge is -2.32. The summed E-state index contributed by atoms with van der Waals surface area (Å²) in [6.07, 6.45) is 0.590. The Hall–Kier alpha value is -3.00. The van der Waals surface area contributed by atoms with Gasteiger partial charge in [0.05, 0.1) is 23.1 Å². The van der Waals surface area contributed by atoms with Crippen molar-refractivity contribution >= 4 is 46.0 Å². The van der Waals surface area contributed by atoms with Crippen molar-refractivity contribution in [2.45, 2.75) is 18.5 Å². The summed E-state index contributed by atoms with van der Waals surface area (Å²) in [5, 5.41) is 6.00. The molecule has 0 saturated carbocycles. The normalized spacial score (nSPS) is 21.2. The molecule has 0 bridgehead atoms. The van der Waals surface area contributed by atoms with Crippen molar-refractivity contribution < 1.29 is 9.59 Å². The van der Waals surface area contributed by atoms with Gasteiger partial charge < -0.3 is 15.5 Å². The molecule has 0 unspecified atom stereocenters. The lowest BCUT2D eigenvalue weighted by Crippen LogP contribution is -2.44. The van der Waals surface area contributed by atoms with Crippen LogP contribution in [0.15, 0.2) is 42.5 Å². The van der Waals surface area contributed by atoms with Gasteiger partial charge in [-0.15, -0.1) is 0 Å². The van der Waals surface area contributed by atoms with Gasteiger partial charge in [0.25, 0.3) is 5.91 Å². The van der Waals surface area contributed by atoms with Gasteiger partial charge in [-0.05, 0) is 36.8 Å². The highest BCUT2D eigenvalue weighted by atomic mass is 32.1. The van der Waals surface area contributed by atoms with Crippen LogP contribution in [-0.2, 0) is 4.79 Å². The third-order valence-electron chi connectivity index (χ3n) is 4.93. The fraction of sp³-hybridized carbons (Fsp3) is 0.222. The average Bonchev–Trinajstić information content (AvgIpc) is 3.28. The van der Waals surface area contributed by atoms with Gasteiger partial charge >= 0.3 is 0 Å². The van der Waals surface area contributed by atoms with Crippen LogP contribution in [0.4, 0.5) is 11.4 Å². The highest BCUT2D eigenvalue weighted by molar-refractivity contribution is 7.00. The summed E-state index contributed by atoms with van der Waals surface area (Å²) in [7, 11) is 0. The molecule has 0 spiro atoms. The number of nitrogens with zero attached hydrogens (tertiary/aromatic N) is 3. The maximum atomic E-state index is 12.6. The van der Waals surface area contributed by atoms with Crippen molar-refractivity contribution in [1.82, 2.24) is 14.1 Å². The van der Waals surface area contributed by atoms with Crippen LogP contribution in [0, 0.1) is 0 Å². The number of benzene rings is 2. The number of carbonyl (C=O) groups is 2. The number of amides is 2. The molecule has 7 nitrogen and oxygen atoms in total. The largest absolute Gasteiger partial charge is 0.356 e. The van der Waals surface area contributed by atoms with E-state index in [9.17, 15) is 9.59 Å². The van der Waals surface area contributed by atoms with E-state index in [0.717, 1.165) is 34.1 Å². The van der Waals surface area contributed by atoms with Gasteiger partial charge in [0, 0.05) is 18.2 Å². The second-order valence-corrected chi connectivity index (χ2v) is 7.08.